The Labute approximate surface area is 189 Å². The first kappa shape index (κ1) is 21.6. The number of hydrogen-bond donors (Lipinski definition) is 2. The van der Waals surface area contributed by atoms with Crippen LogP contribution in [0.3, 0.4) is 0 Å². The summed E-state index contributed by atoms with van der Waals surface area (Å²) in [7, 11) is 0. The van der Waals surface area contributed by atoms with Crippen LogP contribution < -0.4 is 10.2 Å². The molecule has 4 rings (SSSR count). The van der Waals surface area contributed by atoms with Gasteiger partial charge in [0.25, 0.3) is 0 Å². The van der Waals surface area contributed by atoms with Crippen LogP contribution in [0, 0.1) is 0 Å². The van der Waals surface area contributed by atoms with Crippen LogP contribution in [0.25, 0.3) is 0 Å². The van der Waals surface area contributed by atoms with Crippen molar-refractivity contribution in [1.29, 1.82) is 0 Å². The highest BCUT2D eigenvalue weighted by molar-refractivity contribution is 6.30. The van der Waals surface area contributed by atoms with Gasteiger partial charge in [-0.3, -0.25) is 0 Å². The second kappa shape index (κ2) is 8.48. The van der Waals surface area contributed by atoms with E-state index in [4.69, 9.17) is 21.6 Å². The van der Waals surface area contributed by atoms with Gasteiger partial charge >= 0.3 is 0 Å². The fraction of sp³-hybridized carbons (Fsp3) is 0.360. The van der Waals surface area contributed by atoms with Crippen LogP contribution in [-0.4, -0.2) is 21.6 Å². The van der Waals surface area contributed by atoms with Crippen molar-refractivity contribution in [2.45, 2.75) is 52.2 Å². The van der Waals surface area contributed by atoms with Gasteiger partial charge in [-0.1, -0.05) is 49.7 Å². The number of nitrogens with one attached hydrogen (secondary N) is 1. The van der Waals surface area contributed by atoms with E-state index in [-0.39, 0.29) is 5.92 Å². The van der Waals surface area contributed by atoms with Gasteiger partial charge in [0.2, 0.25) is 5.95 Å². The molecule has 0 radical (unpaired) electrons. The number of hydrogen-bond acceptors (Lipinski definition) is 5. The van der Waals surface area contributed by atoms with Crippen LogP contribution in [0.2, 0.25) is 5.02 Å². The van der Waals surface area contributed by atoms with Crippen LogP contribution in [0.4, 0.5) is 17.5 Å². The Morgan fingerprint density at radius 1 is 1.06 bits per heavy atom. The van der Waals surface area contributed by atoms with E-state index < -0.39 is 5.60 Å². The molecule has 1 aliphatic rings. The Kier molecular flexibility index (Phi) is 5.91. The van der Waals surface area contributed by atoms with Gasteiger partial charge in [-0.05, 0) is 61.1 Å². The predicted octanol–water partition coefficient (Wildman–Crippen LogP) is 5.79. The zero-order valence-corrected chi connectivity index (χ0v) is 19.2. The highest BCUT2D eigenvalue weighted by Gasteiger charge is 2.23. The van der Waals surface area contributed by atoms with Crippen molar-refractivity contribution in [1.82, 2.24) is 9.97 Å². The number of fused-ring (bicyclic) bond motifs is 1. The van der Waals surface area contributed by atoms with E-state index in [1.807, 2.05) is 44.2 Å². The Morgan fingerprint density at radius 3 is 2.58 bits per heavy atom. The van der Waals surface area contributed by atoms with Crippen molar-refractivity contribution in [3.05, 3.63) is 75.9 Å². The summed E-state index contributed by atoms with van der Waals surface area (Å²) in [6, 6.07) is 15.9. The normalized spacial score (nSPS) is 14.0. The monoisotopic (exact) mass is 436 g/mol. The molecule has 0 saturated carbocycles. The van der Waals surface area contributed by atoms with Crippen LogP contribution in [-0.2, 0) is 18.6 Å². The predicted molar refractivity (Wildman–Crippen MR) is 127 cm³/mol. The Morgan fingerprint density at radius 2 is 1.87 bits per heavy atom. The zero-order chi connectivity index (χ0) is 22.2. The third-order valence-corrected chi connectivity index (χ3v) is 5.89. The maximum Gasteiger partial charge on any atom is 0.229 e. The third kappa shape index (κ3) is 5.00. The molecule has 5 nitrogen and oxygen atoms in total. The summed E-state index contributed by atoms with van der Waals surface area (Å²) < 4.78 is 0. The molecule has 2 aromatic carbocycles. The van der Waals surface area contributed by atoms with E-state index in [0.29, 0.717) is 11.0 Å². The molecule has 6 heteroatoms. The number of halogens is 1. The molecule has 2 N–H and O–H groups in total. The molecular formula is C25H29ClN4O. The van der Waals surface area contributed by atoms with Crippen molar-refractivity contribution in [3.63, 3.8) is 0 Å². The molecule has 2 heterocycles. The third-order valence-electron chi connectivity index (χ3n) is 5.65. The number of rotatable bonds is 5. The molecule has 0 spiro atoms. The largest absolute Gasteiger partial charge is 0.386 e. The molecule has 0 fully saturated rings. The van der Waals surface area contributed by atoms with Gasteiger partial charge in [-0.15, -0.1) is 0 Å². The van der Waals surface area contributed by atoms with Crippen LogP contribution >= 0.6 is 11.6 Å². The van der Waals surface area contributed by atoms with E-state index in [2.05, 4.69) is 42.3 Å². The van der Waals surface area contributed by atoms with E-state index >= 15 is 0 Å². The van der Waals surface area contributed by atoms with E-state index in [0.717, 1.165) is 42.3 Å². The number of aromatic nitrogens is 2. The van der Waals surface area contributed by atoms with Gasteiger partial charge in [0.15, 0.2) is 0 Å². The summed E-state index contributed by atoms with van der Waals surface area (Å²) in [6.45, 7) is 9.58. The fourth-order valence-corrected chi connectivity index (χ4v) is 3.98. The highest BCUT2D eigenvalue weighted by atomic mass is 35.5. The molecular weight excluding hydrogens is 408 g/mol. The standard InChI is InChI=1S/C25H29ClN4O/c1-16(2)22-14-23(29-24(28-22)27-21-7-5-6-20(26)13-21)30-11-10-17-12-19(25(3,4)31)9-8-18(17)15-30/h5-9,12-14,16,31H,10-11,15H2,1-4H3,(H,27,28,29). The first-order chi connectivity index (χ1) is 14.7. The summed E-state index contributed by atoms with van der Waals surface area (Å²) in [5.41, 5.74) is 4.56. The Hall–Kier alpha value is -2.63. The molecule has 0 atom stereocenters. The van der Waals surface area contributed by atoms with Crippen molar-refractivity contribution in [2.75, 3.05) is 16.8 Å². The summed E-state index contributed by atoms with van der Waals surface area (Å²) in [4.78, 5) is 11.8. The summed E-state index contributed by atoms with van der Waals surface area (Å²) in [5.74, 6) is 1.78. The van der Waals surface area contributed by atoms with E-state index in [9.17, 15) is 5.11 Å². The zero-order valence-electron chi connectivity index (χ0n) is 18.5. The van der Waals surface area contributed by atoms with Crippen molar-refractivity contribution in [2.24, 2.45) is 0 Å². The average molecular weight is 437 g/mol. The number of aliphatic hydroxyl groups is 1. The quantitative estimate of drug-likeness (QED) is 0.530. The van der Waals surface area contributed by atoms with Gasteiger partial charge in [0.05, 0.1) is 11.3 Å². The Balaban J connectivity index is 1.62. The summed E-state index contributed by atoms with van der Waals surface area (Å²) >= 11 is 6.13. The minimum Gasteiger partial charge on any atom is -0.386 e. The lowest BCUT2D eigenvalue weighted by Crippen LogP contribution is -2.32. The van der Waals surface area contributed by atoms with Crippen LogP contribution in [0.15, 0.2) is 48.5 Å². The van der Waals surface area contributed by atoms with Crippen LogP contribution in [0.1, 0.15) is 56.0 Å². The molecule has 162 valence electrons. The number of anilines is 3. The first-order valence-electron chi connectivity index (χ1n) is 10.7. The molecule has 31 heavy (non-hydrogen) atoms. The molecule has 3 aromatic rings. The molecule has 1 aliphatic heterocycles. The lowest BCUT2D eigenvalue weighted by atomic mass is 9.91. The molecule has 0 amide bonds. The summed E-state index contributed by atoms with van der Waals surface area (Å²) in [6.07, 6.45) is 0.914. The minimum atomic E-state index is -0.827. The second-order valence-electron chi connectivity index (χ2n) is 8.98. The van der Waals surface area contributed by atoms with Crippen molar-refractivity contribution in [3.8, 4) is 0 Å². The second-order valence-corrected chi connectivity index (χ2v) is 9.42. The van der Waals surface area contributed by atoms with Gasteiger partial charge in [-0.2, -0.15) is 4.98 Å². The van der Waals surface area contributed by atoms with Crippen LogP contribution in [0.5, 0.6) is 0 Å². The molecule has 0 bridgehead atoms. The average Bonchev–Trinajstić information content (AvgIpc) is 2.72. The van der Waals surface area contributed by atoms with Crippen molar-refractivity contribution < 1.29 is 5.11 Å². The van der Waals surface area contributed by atoms with E-state index in [1.165, 1.54) is 11.1 Å². The molecule has 0 unspecified atom stereocenters. The SMILES string of the molecule is CC(C)c1cc(N2CCc3cc(C(C)(C)O)ccc3C2)nc(Nc2cccc(Cl)c2)n1. The molecule has 1 aromatic heterocycles. The number of benzene rings is 2. The molecule has 0 aliphatic carbocycles. The smallest absolute Gasteiger partial charge is 0.229 e. The topological polar surface area (TPSA) is 61.3 Å². The minimum absolute atomic E-state index is 0.285. The first-order valence-corrected chi connectivity index (χ1v) is 11.1. The number of nitrogens with zero attached hydrogens (tertiary/aromatic N) is 3. The highest BCUT2D eigenvalue weighted by Crippen LogP contribution is 2.30. The Bertz CT molecular complexity index is 1090. The maximum atomic E-state index is 10.3. The lowest BCUT2D eigenvalue weighted by Gasteiger charge is -2.31. The van der Waals surface area contributed by atoms with Gasteiger partial charge < -0.3 is 15.3 Å². The lowest BCUT2D eigenvalue weighted by molar-refractivity contribution is 0.0785. The van der Waals surface area contributed by atoms with E-state index in [1.54, 1.807) is 0 Å². The van der Waals surface area contributed by atoms with Crippen molar-refractivity contribution >= 4 is 29.1 Å². The van der Waals surface area contributed by atoms with Gasteiger partial charge in [0, 0.05) is 29.9 Å². The summed E-state index contributed by atoms with van der Waals surface area (Å²) in [5, 5.41) is 14.3. The van der Waals surface area contributed by atoms with Gasteiger partial charge in [-0.25, -0.2) is 4.98 Å². The molecule has 0 saturated heterocycles. The fourth-order valence-electron chi connectivity index (χ4n) is 3.79. The van der Waals surface area contributed by atoms with Gasteiger partial charge in [0.1, 0.15) is 5.82 Å². The maximum absolute atomic E-state index is 10.3.